The number of β-amino-alcohol motifs (C(OH)–C–C–N with tert-alkyl or cyclic N) is 1. The summed E-state index contributed by atoms with van der Waals surface area (Å²) < 4.78 is 0. The second-order valence-electron chi connectivity index (χ2n) is 3.65. The van der Waals surface area contributed by atoms with Crippen LogP contribution in [-0.4, -0.2) is 36.0 Å². The van der Waals surface area contributed by atoms with Crippen molar-refractivity contribution < 1.29 is 14.7 Å². The average molecular weight is 220 g/mol. The molecule has 84 valence electrons. The molecule has 0 aromatic heterocycles. The summed E-state index contributed by atoms with van der Waals surface area (Å²) in [5.41, 5.74) is 6.21. The number of rotatable bonds is 3. The van der Waals surface area contributed by atoms with E-state index in [0.717, 1.165) is 0 Å². The van der Waals surface area contributed by atoms with Gasteiger partial charge in [-0.05, 0) is 12.1 Å². The predicted molar refractivity (Wildman–Crippen MR) is 58.2 cm³/mol. The zero-order valence-electron chi connectivity index (χ0n) is 8.59. The lowest BCUT2D eigenvalue weighted by Crippen LogP contribution is -2.39. The number of hydrogen-bond acceptors (Lipinski definition) is 4. The molecule has 5 nitrogen and oxygen atoms in total. The first-order valence-electron chi connectivity index (χ1n) is 4.98. The SMILES string of the molecule is NCC(O)CN1C(=O)C(=O)c2ccccc21. The Bertz CT molecular complexity index is 445. The van der Waals surface area contributed by atoms with E-state index in [-0.39, 0.29) is 13.1 Å². The van der Waals surface area contributed by atoms with Crippen molar-refractivity contribution >= 4 is 17.4 Å². The number of hydrogen-bond donors (Lipinski definition) is 2. The molecule has 2 rings (SSSR count). The molecule has 3 N–H and O–H groups in total. The maximum atomic E-state index is 11.6. The third kappa shape index (κ3) is 1.60. The Morgan fingerprint density at radius 1 is 1.31 bits per heavy atom. The van der Waals surface area contributed by atoms with Crippen LogP contribution in [0.2, 0.25) is 0 Å². The van der Waals surface area contributed by atoms with Crippen LogP contribution < -0.4 is 10.6 Å². The maximum Gasteiger partial charge on any atom is 0.299 e. The van der Waals surface area contributed by atoms with Crippen molar-refractivity contribution in [3.05, 3.63) is 29.8 Å². The Morgan fingerprint density at radius 3 is 2.69 bits per heavy atom. The number of carbonyl (C=O) groups is 2. The van der Waals surface area contributed by atoms with Crippen LogP contribution in [0.1, 0.15) is 10.4 Å². The van der Waals surface area contributed by atoms with Crippen molar-refractivity contribution in [1.29, 1.82) is 0 Å². The second-order valence-corrected chi connectivity index (χ2v) is 3.65. The fourth-order valence-corrected chi connectivity index (χ4v) is 1.71. The van der Waals surface area contributed by atoms with Crippen molar-refractivity contribution in [3.8, 4) is 0 Å². The molecule has 1 amide bonds. The first-order valence-corrected chi connectivity index (χ1v) is 4.98. The number of para-hydroxylation sites is 1. The van der Waals surface area contributed by atoms with Gasteiger partial charge in [-0.2, -0.15) is 0 Å². The molecule has 0 radical (unpaired) electrons. The molecule has 1 aromatic carbocycles. The van der Waals surface area contributed by atoms with Crippen LogP contribution in [0, 0.1) is 0 Å². The quantitative estimate of drug-likeness (QED) is 0.675. The first-order chi connectivity index (χ1) is 7.65. The minimum absolute atomic E-state index is 0.0537. The van der Waals surface area contributed by atoms with Gasteiger partial charge in [-0.3, -0.25) is 9.59 Å². The molecule has 1 aliphatic heterocycles. The number of aliphatic hydroxyl groups is 1. The van der Waals surface area contributed by atoms with E-state index in [1.54, 1.807) is 24.3 Å². The Kier molecular flexibility index (Phi) is 2.72. The summed E-state index contributed by atoms with van der Waals surface area (Å²) in [7, 11) is 0. The van der Waals surface area contributed by atoms with E-state index in [9.17, 15) is 14.7 Å². The van der Waals surface area contributed by atoms with Crippen molar-refractivity contribution in [2.45, 2.75) is 6.10 Å². The molecule has 0 bridgehead atoms. The summed E-state index contributed by atoms with van der Waals surface area (Å²) in [6.07, 6.45) is -0.817. The Labute approximate surface area is 92.5 Å². The summed E-state index contributed by atoms with van der Waals surface area (Å²) >= 11 is 0. The van der Waals surface area contributed by atoms with E-state index < -0.39 is 17.8 Å². The average Bonchev–Trinajstić information content (AvgIpc) is 2.55. The predicted octanol–water partition coefficient (Wildman–Crippen LogP) is -0.464. The van der Waals surface area contributed by atoms with Crippen LogP contribution in [0.4, 0.5) is 5.69 Å². The van der Waals surface area contributed by atoms with Gasteiger partial charge in [0.2, 0.25) is 0 Å². The maximum absolute atomic E-state index is 11.6. The molecule has 1 aromatic rings. The van der Waals surface area contributed by atoms with Gasteiger partial charge in [-0.25, -0.2) is 0 Å². The van der Waals surface area contributed by atoms with Gasteiger partial charge in [0.15, 0.2) is 0 Å². The summed E-state index contributed by atoms with van der Waals surface area (Å²) in [5, 5.41) is 9.42. The van der Waals surface area contributed by atoms with Crippen molar-refractivity contribution in [3.63, 3.8) is 0 Å². The molecule has 0 aliphatic carbocycles. The van der Waals surface area contributed by atoms with Crippen LogP contribution in [0.5, 0.6) is 0 Å². The number of aliphatic hydroxyl groups excluding tert-OH is 1. The lowest BCUT2D eigenvalue weighted by molar-refractivity contribution is -0.114. The Morgan fingerprint density at radius 2 is 2.00 bits per heavy atom. The van der Waals surface area contributed by atoms with Gasteiger partial charge in [-0.15, -0.1) is 0 Å². The van der Waals surface area contributed by atoms with Gasteiger partial charge in [0.05, 0.1) is 23.9 Å². The molecule has 1 aliphatic rings. The zero-order valence-corrected chi connectivity index (χ0v) is 8.59. The van der Waals surface area contributed by atoms with E-state index in [4.69, 9.17) is 5.73 Å². The Hall–Kier alpha value is -1.72. The molecule has 0 saturated carbocycles. The standard InChI is InChI=1S/C11H12N2O3/c12-5-7(14)6-13-9-4-2-1-3-8(9)10(15)11(13)16/h1-4,7,14H,5-6,12H2. The highest BCUT2D eigenvalue weighted by Gasteiger charge is 2.35. The number of benzene rings is 1. The number of Topliss-reactive ketones (excluding diaryl/α,β-unsaturated/α-hetero) is 1. The highest BCUT2D eigenvalue weighted by atomic mass is 16.3. The summed E-state index contributed by atoms with van der Waals surface area (Å²) in [5.74, 6) is -1.13. The van der Waals surface area contributed by atoms with E-state index in [1.165, 1.54) is 4.90 Å². The molecule has 1 heterocycles. The number of nitrogens with zero attached hydrogens (tertiary/aromatic N) is 1. The number of ketones is 1. The summed E-state index contributed by atoms with van der Waals surface area (Å²) in [4.78, 5) is 24.5. The normalized spacial score (nSPS) is 16.5. The number of amides is 1. The topological polar surface area (TPSA) is 83.6 Å². The lowest BCUT2D eigenvalue weighted by Gasteiger charge is -2.19. The van der Waals surface area contributed by atoms with E-state index in [0.29, 0.717) is 11.3 Å². The van der Waals surface area contributed by atoms with Gasteiger partial charge in [0.1, 0.15) is 0 Å². The van der Waals surface area contributed by atoms with Crippen LogP contribution in [0.25, 0.3) is 0 Å². The number of anilines is 1. The smallest absolute Gasteiger partial charge is 0.299 e. The van der Waals surface area contributed by atoms with Crippen LogP contribution in [0.3, 0.4) is 0 Å². The second kappa shape index (κ2) is 4.03. The number of nitrogens with two attached hydrogens (primary N) is 1. The third-order valence-electron chi connectivity index (χ3n) is 2.54. The van der Waals surface area contributed by atoms with E-state index in [1.807, 2.05) is 0 Å². The highest BCUT2D eigenvalue weighted by Crippen LogP contribution is 2.28. The largest absolute Gasteiger partial charge is 0.390 e. The van der Waals surface area contributed by atoms with Gasteiger partial charge in [0, 0.05) is 6.54 Å². The highest BCUT2D eigenvalue weighted by molar-refractivity contribution is 6.52. The monoisotopic (exact) mass is 220 g/mol. The lowest BCUT2D eigenvalue weighted by atomic mass is 10.1. The van der Waals surface area contributed by atoms with Crippen molar-refractivity contribution in [1.82, 2.24) is 0 Å². The Balaban J connectivity index is 2.34. The first kappa shape index (κ1) is 10.8. The van der Waals surface area contributed by atoms with Gasteiger partial charge < -0.3 is 15.7 Å². The molecule has 0 spiro atoms. The molecule has 0 saturated heterocycles. The molecule has 16 heavy (non-hydrogen) atoms. The van der Waals surface area contributed by atoms with Gasteiger partial charge in [0.25, 0.3) is 11.7 Å². The van der Waals surface area contributed by atoms with Crippen LogP contribution >= 0.6 is 0 Å². The minimum atomic E-state index is -0.817. The fourth-order valence-electron chi connectivity index (χ4n) is 1.71. The molecule has 0 fully saturated rings. The molecule has 1 unspecified atom stereocenters. The van der Waals surface area contributed by atoms with Crippen LogP contribution in [0.15, 0.2) is 24.3 Å². The summed E-state index contributed by atoms with van der Waals surface area (Å²) in [6, 6.07) is 6.73. The van der Waals surface area contributed by atoms with E-state index >= 15 is 0 Å². The van der Waals surface area contributed by atoms with Crippen molar-refractivity contribution in [2.75, 3.05) is 18.0 Å². The zero-order chi connectivity index (χ0) is 11.7. The molecule has 5 heteroatoms. The molecular weight excluding hydrogens is 208 g/mol. The number of fused-ring (bicyclic) bond motifs is 1. The van der Waals surface area contributed by atoms with Gasteiger partial charge >= 0.3 is 0 Å². The molecule has 1 atom stereocenters. The van der Waals surface area contributed by atoms with Gasteiger partial charge in [-0.1, -0.05) is 12.1 Å². The fraction of sp³-hybridized carbons (Fsp3) is 0.273. The summed E-state index contributed by atoms with van der Waals surface area (Å²) in [6.45, 7) is 0.109. The van der Waals surface area contributed by atoms with Crippen molar-refractivity contribution in [2.24, 2.45) is 5.73 Å². The molecular formula is C11H12N2O3. The number of carbonyl (C=O) groups excluding carboxylic acids is 2. The third-order valence-corrected chi connectivity index (χ3v) is 2.54. The van der Waals surface area contributed by atoms with E-state index in [2.05, 4.69) is 0 Å². The van der Waals surface area contributed by atoms with Crippen LogP contribution in [-0.2, 0) is 4.79 Å². The minimum Gasteiger partial charge on any atom is -0.390 e.